The maximum absolute atomic E-state index is 12.2. The molecule has 1 amide bonds. The lowest BCUT2D eigenvalue weighted by Gasteiger charge is -2.17. The molecule has 1 atom stereocenters. The monoisotopic (exact) mass is 252 g/mol. The van der Waals surface area contributed by atoms with Crippen molar-refractivity contribution in [1.82, 2.24) is 15.8 Å². The molecular weight excluding hydrogens is 226 g/mol. The molecule has 0 aliphatic carbocycles. The van der Waals surface area contributed by atoms with Crippen LogP contribution in [-0.4, -0.2) is 37.0 Å². The molecule has 0 radical (unpaired) electrons. The summed E-state index contributed by atoms with van der Waals surface area (Å²) in [5.41, 5.74) is 5.08. The topological polar surface area (TPSA) is 44.4 Å². The number of hydrazine groups is 1. The van der Waals surface area contributed by atoms with Gasteiger partial charge in [0.1, 0.15) is 0 Å². The summed E-state index contributed by atoms with van der Waals surface area (Å²) in [6.45, 7) is 1.93. The number of carbonyl (C=O) groups is 1. The van der Waals surface area contributed by atoms with Crippen LogP contribution in [0, 0.1) is 0 Å². The fraction of sp³-hybridized carbons (Fsp3) is 0.500. The predicted molar refractivity (Wildman–Crippen MR) is 72.2 cm³/mol. The largest absolute Gasteiger partial charge is 0.306 e. The van der Waals surface area contributed by atoms with Crippen LogP contribution in [-0.2, 0) is 0 Å². The van der Waals surface area contributed by atoms with Crippen LogP contribution < -0.4 is 10.9 Å². The lowest BCUT2D eigenvalue weighted by molar-refractivity contribution is 0.0923. The fourth-order valence-electron chi connectivity index (χ4n) is 1.98. The van der Waals surface area contributed by atoms with Gasteiger partial charge in [0.2, 0.25) is 0 Å². The van der Waals surface area contributed by atoms with E-state index >= 15 is 0 Å². The third-order valence-corrected chi connectivity index (χ3v) is 3.07. The average molecular weight is 252 g/mol. The first-order valence-corrected chi connectivity index (χ1v) is 6.14. The van der Waals surface area contributed by atoms with Crippen LogP contribution in [0.25, 0.3) is 0 Å². The number of hydrogen-bond acceptors (Lipinski definition) is 3. The molecule has 2 rings (SSSR count). The molecule has 0 spiro atoms. The van der Waals surface area contributed by atoms with E-state index in [2.05, 4.69) is 15.8 Å². The van der Waals surface area contributed by atoms with Gasteiger partial charge in [-0.2, -0.15) is 0 Å². The number of likely N-dealkylation sites (tertiary alicyclic amines) is 1. The number of nitrogens with one attached hydrogen (secondary N) is 2. The Morgan fingerprint density at radius 3 is 2.89 bits per heavy atom. The van der Waals surface area contributed by atoms with Crippen LogP contribution >= 0.6 is 0 Å². The Labute approximate surface area is 115 Å². The van der Waals surface area contributed by atoms with E-state index in [1.807, 2.05) is 7.05 Å². The second-order valence-electron chi connectivity index (χ2n) is 4.53. The zero-order valence-corrected chi connectivity index (χ0v) is 10.5. The Morgan fingerprint density at radius 1 is 1.33 bits per heavy atom. The molecule has 1 aromatic carbocycles. The zero-order valence-electron chi connectivity index (χ0n) is 15.5. The lowest BCUT2D eigenvalue weighted by atomic mass is 10.1. The molecule has 18 heavy (non-hydrogen) atoms. The van der Waals surface area contributed by atoms with Crippen LogP contribution in [0.3, 0.4) is 0 Å². The summed E-state index contributed by atoms with van der Waals surface area (Å²) in [5.74, 6) is -0.709. The second kappa shape index (κ2) is 6.52. The Bertz CT molecular complexity index is 582. The number of rotatable bonds is 3. The van der Waals surface area contributed by atoms with Crippen LogP contribution in [0.1, 0.15) is 36.5 Å². The van der Waals surface area contributed by atoms with Gasteiger partial charge in [0.05, 0.1) is 6.85 Å². The van der Waals surface area contributed by atoms with Crippen LogP contribution in [0.2, 0.25) is 0 Å². The van der Waals surface area contributed by atoms with Crippen molar-refractivity contribution in [2.75, 3.05) is 20.1 Å². The summed E-state index contributed by atoms with van der Waals surface area (Å²) in [7, 11) is 2.05. The summed E-state index contributed by atoms with van der Waals surface area (Å²) in [6, 6.07) is -2.39. The SMILES string of the molecule is [2H]c1c([2H])c([2H])c(C(=O)NNC2CCCN(C)CC2)c([2H])c1[2H]. The van der Waals surface area contributed by atoms with Crippen molar-refractivity contribution in [3.8, 4) is 0 Å². The lowest BCUT2D eigenvalue weighted by Crippen LogP contribution is -2.44. The fourth-order valence-corrected chi connectivity index (χ4v) is 1.98. The average Bonchev–Trinajstić information content (AvgIpc) is 2.73. The molecular formula is C14H21N3O. The second-order valence-corrected chi connectivity index (χ2v) is 4.53. The van der Waals surface area contributed by atoms with Crippen LogP contribution in [0.5, 0.6) is 0 Å². The highest BCUT2D eigenvalue weighted by Gasteiger charge is 2.15. The van der Waals surface area contributed by atoms with Crippen molar-refractivity contribution in [2.45, 2.75) is 25.3 Å². The third-order valence-electron chi connectivity index (χ3n) is 3.07. The van der Waals surface area contributed by atoms with E-state index in [4.69, 9.17) is 6.85 Å². The minimum atomic E-state index is -0.709. The highest BCUT2D eigenvalue weighted by atomic mass is 16.2. The molecule has 1 aliphatic rings. The van der Waals surface area contributed by atoms with Crippen LogP contribution in [0.15, 0.2) is 30.2 Å². The first kappa shape index (κ1) is 7.92. The van der Waals surface area contributed by atoms with E-state index in [9.17, 15) is 4.79 Å². The van der Waals surface area contributed by atoms with Crippen molar-refractivity contribution >= 4 is 5.91 Å². The van der Waals surface area contributed by atoms with E-state index in [1.165, 1.54) is 0 Å². The number of hydrogen-bond donors (Lipinski definition) is 2. The number of nitrogens with zero attached hydrogens (tertiary/aromatic N) is 1. The van der Waals surface area contributed by atoms with Gasteiger partial charge in [-0.05, 0) is 51.5 Å². The molecule has 98 valence electrons. The number of amides is 1. The molecule has 4 heteroatoms. The molecule has 1 unspecified atom stereocenters. The van der Waals surface area contributed by atoms with Gasteiger partial charge in [-0.15, -0.1) is 0 Å². The Morgan fingerprint density at radius 2 is 2.11 bits per heavy atom. The maximum Gasteiger partial charge on any atom is 0.265 e. The third kappa shape index (κ3) is 3.82. The first-order chi connectivity index (χ1) is 10.8. The van der Waals surface area contributed by atoms with Gasteiger partial charge in [0, 0.05) is 11.6 Å². The van der Waals surface area contributed by atoms with Gasteiger partial charge >= 0.3 is 0 Å². The summed E-state index contributed by atoms with van der Waals surface area (Å²) in [4.78, 5) is 14.5. The molecule has 0 bridgehead atoms. The normalized spacial score (nSPS) is 25.2. The maximum atomic E-state index is 12.2. The molecule has 1 aliphatic heterocycles. The standard InChI is InChI=1S/C14H21N3O/c1-17-10-5-8-13(9-11-17)15-16-14(18)12-6-3-2-4-7-12/h2-4,6-7,13,15H,5,8-11H2,1H3,(H,16,18)/i2D,3D,4D,6D,7D. The van der Waals surface area contributed by atoms with Gasteiger partial charge < -0.3 is 4.90 Å². The van der Waals surface area contributed by atoms with Crippen molar-refractivity contribution < 1.29 is 11.6 Å². The number of carbonyl (C=O) groups excluding carboxylic acids is 1. The molecule has 1 fully saturated rings. The summed E-state index contributed by atoms with van der Waals surface area (Å²) < 4.78 is 38.3. The molecule has 2 N–H and O–H groups in total. The molecule has 0 saturated carbocycles. The van der Waals surface area contributed by atoms with Crippen molar-refractivity contribution in [2.24, 2.45) is 0 Å². The quantitative estimate of drug-likeness (QED) is 0.799. The van der Waals surface area contributed by atoms with Gasteiger partial charge in [0.25, 0.3) is 5.91 Å². The molecule has 4 nitrogen and oxygen atoms in total. The number of benzene rings is 1. The van der Waals surface area contributed by atoms with Crippen molar-refractivity contribution in [3.63, 3.8) is 0 Å². The predicted octanol–water partition coefficient (Wildman–Crippen LogP) is 1.41. The minimum absolute atomic E-state index is 0.105. The minimum Gasteiger partial charge on any atom is -0.306 e. The van der Waals surface area contributed by atoms with E-state index in [-0.39, 0.29) is 11.6 Å². The highest BCUT2D eigenvalue weighted by Crippen LogP contribution is 2.08. The van der Waals surface area contributed by atoms with Crippen molar-refractivity contribution in [3.05, 3.63) is 35.8 Å². The Balaban J connectivity index is 2.09. The smallest absolute Gasteiger partial charge is 0.265 e. The molecule has 1 heterocycles. The highest BCUT2D eigenvalue weighted by molar-refractivity contribution is 5.93. The summed E-state index contributed by atoms with van der Waals surface area (Å²) in [5, 5.41) is 0. The summed E-state index contributed by atoms with van der Waals surface area (Å²) in [6.07, 6.45) is 2.79. The van der Waals surface area contributed by atoms with E-state index in [0.717, 1.165) is 32.4 Å². The van der Waals surface area contributed by atoms with Gasteiger partial charge in [0.15, 0.2) is 0 Å². The van der Waals surface area contributed by atoms with Gasteiger partial charge in [-0.25, -0.2) is 5.43 Å². The Kier molecular flexibility index (Phi) is 2.87. The van der Waals surface area contributed by atoms with Crippen molar-refractivity contribution in [1.29, 1.82) is 0 Å². The van der Waals surface area contributed by atoms with Crippen LogP contribution in [0.4, 0.5) is 0 Å². The zero-order chi connectivity index (χ0) is 17.1. The summed E-state index contributed by atoms with van der Waals surface area (Å²) >= 11 is 0. The first-order valence-electron chi connectivity index (χ1n) is 8.64. The van der Waals surface area contributed by atoms with E-state index in [1.54, 1.807) is 0 Å². The molecule has 1 saturated heterocycles. The van der Waals surface area contributed by atoms with E-state index < -0.39 is 36.1 Å². The van der Waals surface area contributed by atoms with Gasteiger partial charge in [-0.1, -0.05) is 18.1 Å². The molecule has 0 aromatic heterocycles. The Hall–Kier alpha value is -1.39. The van der Waals surface area contributed by atoms with Gasteiger partial charge in [-0.3, -0.25) is 10.2 Å². The molecule has 1 aromatic rings. The van der Waals surface area contributed by atoms with E-state index in [0.29, 0.717) is 0 Å².